The zero-order chi connectivity index (χ0) is 27.3. The maximum absolute atomic E-state index is 12.8. The number of anilines is 3. The average Bonchev–Trinajstić information content (AvgIpc) is 3.17. The van der Waals surface area contributed by atoms with Crippen molar-refractivity contribution in [1.29, 1.82) is 5.26 Å². The van der Waals surface area contributed by atoms with Crippen LogP contribution in [0.1, 0.15) is 39.2 Å². The first kappa shape index (κ1) is 27.0. The van der Waals surface area contributed by atoms with Crippen molar-refractivity contribution in [3.63, 3.8) is 0 Å². The molecule has 0 spiro atoms. The molecule has 11 heteroatoms. The first-order valence-corrected chi connectivity index (χ1v) is 11.6. The van der Waals surface area contributed by atoms with Crippen LogP contribution in [0.4, 0.5) is 22.1 Å². The van der Waals surface area contributed by atoms with Gasteiger partial charge in [0.15, 0.2) is 0 Å². The highest BCUT2D eigenvalue weighted by Crippen LogP contribution is 2.28. The Hall–Kier alpha value is -4.59. The van der Waals surface area contributed by atoms with Crippen molar-refractivity contribution in [3.8, 4) is 11.8 Å². The van der Waals surface area contributed by atoms with Crippen molar-refractivity contribution in [3.05, 3.63) is 42.0 Å². The van der Waals surface area contributed by atoms with Crippen molar-refractivity contribution >= 4 is 46.2 Å². The maximum atomic E-state index is 12.8. The first-order chi connectivity index (χ1) is 17.4. The lowest BCUT2D eigenvalue weighted by Gasteiger charge is -2.23. The molecule has 0 atom stereocenters. The summed E-state index contributed by atoms with van der Waals surface area (Å²) in [6.07, 6.45) is 0.414. The Balaban J connectivity index is 1.91. The van der Waals surface area contributed by atoms with Crippen molar-refractivity contribution < 1.29 is 19.1 Å². The smallest absolute Gasteiger partial charge is 0.326 e. The second-order valence-electron chi connectivity index (χ2n) is 9.77. The number of fused-ring (bicyclic) bond motifs is 1. The number of carbonyl (C=O) groups is 3. The largest absolute Gasteiger partial charge is 0.495 e. The third-order valence-electron chi connectivity index (χ3n) is 5.56. The van der Waals surface area contributed by atoms with Crippen LogP contribution in [-0.4, -0.2) is 41.6 Å². The number of urea groups is 1. The number of ether oxygens (including phenoxy) is 1. The van der Waals surface area contributed by atoms with E-state index < -0.39 is 11.9 Å². The lowest BCUT2D eigenvalue weighted by molar-refractivity contribution is -0.120. The van der Waals surface area contributed by atoms with E-state index in [0.717, 1.165) is 0 Å². The van der Waals surface area contributed by atoms with Crippen LogP contribution in [0, 0.1) is 16.7 Å². The standard InChI is InChI=1S/C26H31N7O4/c1-26(2,3)14-23(35)32(4)17-7-9-20-19(13-17)29-24(33(20)11-10-22(28)34)31-25(36)30-18-8-6-16(15-27)12-21(18)37-5/h6-9,12-13H,10-11,14H2,1-5H3,(H2,28,34)(H2,29,30,31,36). The summed E-state index contributed by atoms with van der Waals surface area (Å²) in [6.45, 7) is 6.19. The van der Waals surface area contributed by atoms with Crippen molar-refractivity contribution in [2.75, 3.05) is 29.7 Å². The molecule has 1 heterocycles. The first-order valence-electron chi connectivity index (χ1n) is 11.6. The van der Waals surface area contributed by atoms with Gasteiger partial charge in [0, 0.05) is 38.2 Å². The van der Waals surface area contributed by atoms with Crippen LogP contribution in [0.25, 0.3) is 11.0 Å². The summed E-state index contributed by atoms with van der Waals surface area (Å²) in [5, 5.41) is 14.5. The number of benzene rings is 2. The summed E-state index contributed by atoms with van der Waals surface area (Å²) in [7, 11) is 3.14. The van der Waals surface area contributed by atoms with Gasteiger partial charge in [-0.05, 0) is 35.7 Å². The third kappa shape index (κ3) is 6.76. The quantitative estimate of drug-likeness (QED) is 0.422. The van der Waals surface area contributed by atoms with E-state index in [1.807, 2.05) is 26.8 Å². The van der Waals surface area contributed by atoms with E-state index in [-0.39, 0.29) is 30.2 Å². The Morgan fingerprint density at radius 3 is 2.51 bits per heavy atom. The molecule has 0 bridgehead atoms. The molecular weight excluding hydrogens is 474 g/mol. The molecular formula is C26H31N7O4. The van der Waals surface area contributed by atoms with Crippen molar-refractivity contribution in [2.24, 2.45) is 11.1 Å². The number of aromatic nitrogens is 2. The highest BCUT2D eigenvalue weighted by molar-refractivity contribution is 6.01. The number of hydrogen-bond acceptors (Lipinski definition) is 6. The predicted molar refractivity (Wildman–Crippen MR) is 141 cm³/mol. The lowest BCUT2D eigenvalue weighted by atomic mass is 9.91. The second kappa shape index (κ2) is 11.0. The van der Waals surface area contributed by atoms with Gasteiger partial charge in [0.2, 0.25) is 17.8 Å². The monoisotopic (exact) mass is 505 g/mol. The number of nitriles is 1. The van der Waals surface area contributed by atoms with E-state index in [2.05, 4.69) is 15.6 Å². The zero-order valence-corrected chi connectivity index (χ0v) is 21.6. The van der Waals surface area contributed by atoms with Crippen molar-refractivity contribution in [2.45, 2.75) is 40.2 Å². The van der Waals surface area contributed by atoms with Gasteiger partial charge in [0.05, 0.1) is 35.5 Å². The van der Waals surface area contributed by atoms with Gasteiger partial charge < -0.3 is 25.3 Å². The van der Waals surface area contributed by atoms with E-state index in [0.29, 0.717) is 40.1 Å². The number of nitrogens with zero attached hydrogens (tertiary/aromatic N) is 4. The molecule has 0 saturated carbocycles. The molecule has 0 radical (unpaired) electrons. The van der Waals surface area contributed by atoms with Gasteiger partial charge in [0.25, 0.3) is 0 Å². The number of hydrogen-bond donors (Lipinski definition) is 3. The summed E-state index contributed by atoms with van der Waals surface area (Å²) in [5.74, 6) is -0.0102. The molecule has 0 saturated heterocycles. The van der Waals surface area contributed by atoms with Crippen LogP contribution in [0.3, 0.4) is 0 Å². The fraction of sp³-hybridized carbons (Fsp3) is 0.346. The van der Waals surface area contributed by atoms with Crippen molar-refractivity contribution in [1.82, 2.24) is 9.55 Å². The topological polar surface area (TPSA) is 155 Å². The molecule has 1 aromatic heterocycles. The Labute approximate surface area is 215 Å². The van der Waals surface area contributed by atoms with E-state index in [1.165, 1.54) is 13.2 Å². The number of nitrogens with two attached hydrogens (primary N) is 1. The van der Waals surface area contributed by atoms with E-state index in [1.54, 1.807) is 46.8 Å². The molecule has 0 aliphatic rings. The van der Waals surface area contributed by atoms with Gasteiger partial charge >= 0.3 is 6.03 Å². The predicted octanol–water partition coefficient (Wildman–Crippen LogP) is 3.83. The number of amides is 4. The second-order valence-corrected chi connectivity index (χ2v) is 9.77. The SMILES string of the molecule is COc1cc(C#N)ccc1NC(=O)Nc1nc2cc(N(C)C(=O)CC(C)(C)C)ccc2n1CCC(N)=O. The number of rotatable bonds is 8. The van der Waals surface area contributed by atoms with Gasteiger partial charge in [-0.25, -0.2) is 9.78 Å². The number of nitrogens with one attached hydrogen (secondary N) is 2. The summed E-state index contributed by atoms with van der Waals surface area (Å²) >= 11 is 0. The minimum absolute atomic E-state index is 0.0332. The number of methoxy groups -OCH3 is 1. The lowest BCUT2D eigenvalue weighted by Crippen LogP contribution is -2.29. The minimum Gasteiger partial charge on any atom is -0.495 e. The summed E-state index contributed by atoms with van der Waals surface area (Å²) < 4.78 is 6.94. The van der Waals surface area contributed by atoms with E-state index in [4.69, 9.17) is 15.7 Å². The van der Waals surface area contributed by atoms with Crippen LogP contribution in [0.5, 0.6) is 5.75 Å². The van der Waals surface area contributed by atoms with Gasteiger partial charge in [-0.15, -0.1) is 0 Å². The summed E-state index contributed by atoms with van der Waals surface area (Å²) in [6, 6.07) is 11.4. The molecule has 2 aromatic carbocycles. The molecule has 3 aromatic rings. The Bertz CT molecular complexity index is 1380. The van der Waals surface area contributed by atoms with Gasteiger partial charge in [-0.3, -0.25) is 14.9 Å². The molecule has 37 heavy (non-hydrogen) atoms. The Morgan fingerprint density at radius 1 is 1.16 bits per heavy atom. The highest BCUT2D eigenvalue weighted by atomic mass is 16.5. The fourth-order valence-electron chi connectivity index (χ4n) is 3.71. The molecule has 0 unspecified atom stereocenters. The molecule has 3 rings (SSSR count). The fourth-order valence-corrected chi connectivity index (χ4v) is 3.71. The molecule has 0 fully saturated rings. The van der Waals surface area contributed by atoms with Crippen LogP contribution in [-0.2, 0) is 16.1 Å². The molecule has 0 aliphatic heterocycles. The number of aryl methyl sites for hydroxylation is 1. The third-order valence-corrected chi connectivity index (χ3v) is 5.56. The van der Waals surface area contributed by atoms with Gasteiger partial charge in [0.1, 0.15) is 5.75 Å². The maximum Gasteiger partial charge on any atom is 0.326 e. The van der Waals surface area contributed by atoms with Crippen LogP contribution in [0.2, 0.25) is 0 Å². The number of imidazole rings is 1. The molecule has 4 amide bonds. The zero-order valence-electron chi connectivity index (χ0n) is 21.6. The number of primary amides is 1. The number of carbonyl (C=O) groups excluding carboxylic acids is 3. The van der Waals surface area contributed by atoms with E-state index >= 15 is 0 Å². The van der Waals surface area contributed by atoms with Gasteiger partial charge in [-0.1, -0.05) is 20.8 Å². The Kier molecular flexibility index (Phi) is 8.02. The van der Waals surface area contributed by atoms with Crippen LogP contribution in [0.15, 0.2) is 36.4 Å². The molecule has 0 aliphatic carbocycles. The van der Waals surface area contributed by atoms with Crippen LogP contribution >= 0.6 is 0 Å². The molecule has 194 valence electrons. The molecule has 4 N–H and O–H groups in total. The van der Waals surface area contributed by atoms with E-state index in [9.17, 15) is 14.4 Å². The van der Waals surface area contributed by atoms with Gasteiger partial charge in [-0.2, -0.15) is 5.26 Å². The summed E-state index contributed by atoms with van der Waals surface area (Å²) in [4.78, 5) is 43.1. The highest BCUT2D eigenvalue weighted by Gasteiger charge is 2.21. The average molecular weight is 506 g/mol. The van der Waals surface area contributed by atoms with Crippen LogP contribution < -0.4 is 26.0 Å². The molecule has 11 nitrogen and oxygen atoms in total. The normalized spacial score (nSPS) is 11.0. The Morgan fingerprint density at radius 2 is 1.89 bits per heavy atom. The summed E-state index contributed by atoms with van der Waals surface area (Å²) in [5.41, 5.74) is 7.79. The minimum atomic E-state index is -0.601.